The van der Waals surface area contributed by atoms with Gasteiger partial charge in [0.15, 0.2) is 11.9 Å². The first-order valence-corrected chi connectivity index (χ1v) is 6.76. The van der Waals surface area contributed by atoms with Gasteiger partial charge >= 0.3 is 6.18 Å². The number of hydrogen-bond acceptors (Lipinski definition) is 2. The predicted octanol–water partition coefficient (Wildman–Crippen LogP) is 4.39. The average Bonchev–Trinajstić information content (AvgIpc) is 2.92. The molecular weight excluding hydrogens is 257 g/mol. The molecule has 1 aliphatic rings. The molecule has 0 saturated carbocycles. The molecule has 2 nitrogen and oxygen atoms in total. The molecule has 5 heteroatoms. The highest BCUT2D eigenvalue weighted by Gasteiger charge is 2.58. The normalized spacial score (nSPS) is 27.5. The summed E-state index contributed by atoms with van der Waals surface area (Å²) in [7, 11) is 0. The zero-order valence-electron chi connectivity index (χ0n) is 12.6. The number of halogens is 3. The Kier molecular flexibility index (Phi) is 4.63. The summed E-state index contributed by atoms with van der Waals surface area (Å²) in [6, 6.07) is 0. The van der Waals surface area contributed by atoms with E-state index in [1.54, 1.807) is 0 Å². The molecule has 0 aromatic rings. The Morgan fingerprint density at radius 2 is 1.63 bits per heavy atom. The van der Waals surface area contributed by atoms with E-state index in [0.717, 1.165) is 13.3 Å². The Bertz CT molecular complexity index is 301. The van der Waals surface area contributed by atoms with Crippen LogP contribution in [-0.4, -0.2) is 24.7 Å². The third-order valence-electron chi connectivity index (χ3n) is 3.47. The molecule has 0 aromatic carbocycles. The lowest BCUT2D eigenvalue weighted by Crippen LogP contribution is -2.41. The molecule has 114 valence electrons. The first kappa shape index (κ1) is 16.8. The van der Waals surface area contributed by atoms with Crippen molar-refractivity contribution in [2.75, 3.05) is 6.61 Å². The van der Waals surface area contributed by atoms with Crippen LogP contribution < -0.4 is 0 Å². The van der Waals surface area contributed by atoms with E-state index in [0.29, 0.717) is 0 Å². The van der Waals surface area contributed by atoms with Gasteiger partial charge in [-0.2, -0.15) is 13.2 Å². The smallest absolute Gasteiger partial charge is 0.342 e. The lowest BCUT2D eigenvalue weighted by Gasteiger charge is -2.34. The van der Waals surface area contributed by atoms with Crippen molar-refractivity contribution in [2.24, 2.45) is 17.3 Å². The van der Waals surface area contributed by atoms with Crippen molar-refractivity contribution >= 4 is 0 Å². The molecule has 1 rings (SSSR count). The summed E-state index contributed by atoms with van der Waals surface area (Å²) in [5.41, 5.74) is 0.0265. The van der Waals surface area contributed by atoms with Gasteiger partial charge in [-0.1, -0.05) is 34.6 Å². The van der Waals surface area contributed by atoms with Crippen molar-refractivity contribution < 1.29 is 22.6 Å². The number of rotatable bonds is 5. The molecule has 19 heavy (non-hydrogen) atoms. The fourth-order valence-electron chi connectivity index (χ4n) is 2.37. The minimum atomic E-state index is -4.35. The van der Waals surface area contributed by atoms with E-state index in [9.17, 15) is 13.2 Å². The van der Waals surface area contributed by atoms with Crippen LogP contribution in [0.15, 0.2) is 0 Å². The van der Waals surface area contributed by atoms with Gasteiger partial charge in [0.05, 0.1) is 0 Å². The first-order chi connectivity index (χ1) is 8.37. The number of hydrogen-bond donors (Lipinski definition) is 0. The molecule has 0 aromatic heterocycles. The van der Waals surface area contributed by atoms with Crippen molar-refractivity contribution in [3.05, 3.63) is 0 Å². The maximum atomic E-state index is 12.6. The number of epoxide rings is 1. The molecule has 3 atom stereocenters. The lowest BCUT2D eigenvalue weighted by molar-refractivity contribution is -0.257. The number of ether oxygens (including phenoxy) is 2. The third kappa shape index (κ3) is 4.63. The van der Waals surface area contributed by atoms with Gasteiger partial charge in [-0.3, -0.25) is 0 Å². The standard InChI is InChI=1S/C14H25F3O2/c1-9(2)11(7-12(4,5)6)13(8-18-13)19-10(3)14(15,16)17/h9-11H,7-8H2,1-6H3. The molecule has 0 aliphatic carbocycles. The zero-order valence-corrected chi connectivity index (χ0v) is 12.6. The van der Waals surface area contributed by atoms with E-state index in [-0.39, 0.29) is 23.9 Å². The summed E-state index contributed by atoms with van der Waals surface area (Å²) < 4.78 is 48.4. The maximum absolute atomic E-state index is 12.6. The topological polar surface area (TPSA) is 21.8 Å². The largest absolute Gasteiger partial charge is 0.414 e. The van der Waals surface area contributed by atoms with E-state index >= 15 is 0 Å². The van der Waals surface area contributed by atoms with Gasteiger partial charge in [0.2, 0.25) is 0 Å². The highest BCUT2D eigenvalue weighted by atomic mass is 19.4. The Hall–Kier alpha value is -0.290. The van der Waals surface area contributed by atoms with Crippen LogP contribution >= 0.6 is 0 Å². The van der Waals surface area contributed by atoms with E-state index in [2.05, 4.69) is 20.8 Å². The molecule has 1 heterocycles. The van der Waals surface area contributed by atoms with Crippen molar-refractivity contribution in [3.63, 3.8) is 0 Å². The maximum Gasteiger partial charge on any atom is 0.414 e. The van der Waals surface area contributed by atoms with Gasteiger partial charge in [0, 0.05) is 5.92 Å². The molecule has 3 unspecified atom stereocenters. The molecular formula is C14H25F3O2. The van der Waals surface area contributed by atoms with Crippen LogP contribution in [0, 0.1) is 17.3 Å². The SMILES string of the molecule is CC(C)C(CC(C)(C)C)C1(OC(C)C(F)(F)F)CO1. The predicted molar refractivity (Wildman–Crippen MR) is 67.7 cm³/mol. The summed E-state index contributed by atoms with van der Waals surface area (Å²) >= 11 is 0. The highest BCUT2D eigenvalue weighted by Crippen LogP contribution is 2.47. The van der Waals surface area contributed by atoms with Crippen molar-refractivity contribution in [2.45, 2.75) is 66.0 Å². The van der Waals surface area contributed by atoms with Gasteiger partial charge in [0.25, 0.3) is 0 Å². The van der Waals surface area contributed by atoms with E-state index < -0.39 is 18.1 Å². The average molecular weight is 282 g/mol. The molecule has 0 radical (unpaired) electrons. The summed E-state index contributed by atoms with van der Waals surface area (Å²) in [4.78, 5) is 0. The van der Waals surface area contributed by atoms with Gasteiger partial charge in [-0.25, -0.2) is 0 Å². The summed E-state index contributed by atoms with van der Waals surface area (Å²) in [6.45, 7) is 11.5. The quantitative estimate of drug-likeness (QED) is 0.698. The Balaban J connectivity index is 2.79. The van der Waals surface area contributed by atoms with Crippen LogP contribution in [0.3, 0.4) is 0 Å². The highest BCUT2D eigenvalue weighted by molar-refractivity contribution is 4.94. The Morgan fingerprint density at radius 3 is 1.89 bits per heavy atom. The van der Waals surface area contributed by atoms with Crippen molar-refractivity contribution in [1.29, 1.82) is 0 Å². The summed E-state index contributed by atoms with van der Waals surface area (Å²) in [5.74, 6) is -0.865. The third-order valence-corrected chi connectivity index (χ3v) is 3.47. The van der Waals surface area contributed by atoms with Gasteiger partial charge in [-0.15, -0.1) is 0 Å². The monoisotopic (exact) mass is 282 g/mol. The molecule has 0 spiro atoms. The minimum absolute atomic E-state index is 0.0265. The fraction of sp³-hybridized carbons (Fsp3) is 1.00. The molecule has 0 bridgehead atoms. The van der Waals surface area contributed by atoms with Crippen LogP contribution in [0.25, 0.3) is 0 Å². The molecule has 1 saturated heterocycles. The zero-order chi connectivity index (χ0) is 15.1. The van der Waals surface area contributed by atoms with Crippen LogP contribution in [-0.2, 0) is 9.47 Å². The summed E-state index contributed by atoms with van der Waals surface area (Å²) in [5, 5.41) is 0. The van der Waals surface area contributed by atoms with Gasteiger partial charge < -0.3 is 9.47 Å². The second-order valence-corrected chi connectivity index (χ2v) is 7.02. The van der Waals surface area contributed by atoms with E-state index in [4.69, 9.17) is 9.47 Å². The van der Waals surface area contributed by atoms with Gasteiger partial charge in [-0.05, 0) is 24.7 Å². The van der Waals surface area contributed by atoms with Crippen LogP contribution in [0.4, 0.5) is 13.2 Å². The van der Waals surface area contributed by atoms with Gasteiger partial charge in [0.1, 0.15) is 6.61 Å². The van der Waals surface area contributed by atoms with E-state index in [1.165, 1.54) is 0 Å². The lowest BCUT2D eigenvalue weighted by atomic mass is 9.77. The van der Waals surface area contributed by atoms with Crippen LogP contribution in [0.1, 0.15) is 48.0 Å². The molecule has 1 aliphatic heterocycles. The minimum Gasteiger partial charge on any atom is -0.342 e. The fourth-order valence-corrected chi connectivity index (χ4v) is 2.37. The van der Waals surface area contributed by atoms with Crippen LogP contribution in [0.5, 0.6) is 0 Å². The Labute approximate surface area is 113 Å². The number of alkyl halides is 3. The molecule has 0 amide bonds. The van der Waals surface area contributed by atoms with Crippen molar-refractivity contribution in [3.8, 4) is 0 Å². The van der Waals surface area contributed by atoms with E-state index in [1.807, 2.05) is 13.8 Å². The Morgan fingerprint density at radius 1 is 1.16 bits per heavy atom. The summed E-state index contributed by atoms with van der Waals surface area (Å²) in [6.07, 6.45) is -5.37. The molecule has 1 fully saturated rings. The second kappa shape index (κ2) is 5.24. The van der Waals surface area contributed by atoms with Crippen LogP contribution in [0.2, 0.25) is 0 Å². The first-order valence-electron chi connectivity index (χ1n) is 6.76. The van der Waals surface area contributed by atoms with Crippen molar-refractivity contribution in [1.82, 2.24) is 0 Å². The molecule has 0 N–H and O–H groups in total. The second-order valence-electron chi connectivity index (χ2n) is 7.02.